The zero-order valence-corrected chi connectivity index (χ0v) is 9.34. The van der Waals surface area contributed by atoms with Crippen LogP contribution in [0, 0.1) is 6.92 Å². The summed E-state index contributed by atoms with van der Waals surface area (Å²) in [4.78, 5) is 7.24. The Bertz CT molecular complexity index is 509. The van der Waals surface area contributed by atoms with Crippen molar-refractivity contribution in [3.63, 3.8) is 0 Å². The maximum Gasteiger partial charge on any atom is 0.0779 e. The number of aryl methyl sites for hydroxylation is 1. The fraction of sp³-hybridized carbons (Fsp3) is 0.154. The monoisotopic (exact) mass is 213 g/mol. The molecule has 0 saturated heterocycles. The van der Waals surface area contributed by atoms with Gasteiger partial charge in [0, 0.05) is 9.80 Å². The predicted molar refractivity (Wildman–Crippen MR) is 66.0 cm³/mol. The van der Waals surface area contributed by atoms with E-state index in [0.29, 0.717) is 0 Å². The number of benzene rings is 1. The molecule has 0 fully saturated rings. The van der Waals surface area contributed by atoms with Crippen molar-refractivity contribution in [1.29, 1.82) is 0 Å². The van der Waals surface area contributed by atoms with E-state index >= 15 is 0 Å². The molecule has 3 rings (SSSR count). The van der Waals surface area contributed by atoms with Crippen LogP contribution in [0.1, 0.15) is 12.0 Å². The Morgan fingerprint density at radius 2 is 2.27 bits per heavy atom. The average molecular weight is 213 g/mol. The van der Waals surface area contributed by atoms with Crippen molar-refractivity contribution < 1.29 is 0 Å². The second-order valence-corrected chi connectivity index (χ2v) is 4.86. The second kappa shape index (κ2) is 3.38. The smallest absolute Gasteiger partial charge is 0.0779 e. The molecule has 15 heavy (non-hydrogen) atoms. The molecule has 0 saturated carbocycles. The van der Waals surface area contributed by atoms with E-state index in [1.54, 1.807) is 0 Å². The molecule has 0 atom stereocenters. The normalized spacial score (nSPS) is 17.7. The fourth-order valence-electron chi connectivity index (χ4n) is 1.78. The van der Waals surface area contributed by atoms with Gasteiger partial charge in [0.25, 0.3) is 0 Å². The molecule has 0 spiro atoms. The van der Waals surface area contributed by atoms with Crippen LogP contribution in [0.2, 0.25) is 0 Å². The van der Waals surface area contributed by atoms with Crippen LogP contribution in [0.5, 0.6) is 0 Å². The molecule has 0 N–H and O–H groups in total. The largest absolute Gasteiger partial charge is 0.247 e. The molecule has 74 valence electrons. The van der Waals surface area contributed by atoms with Crippen molar-refractivity contribution in [2.45, 2.75) is 18.2 Å². The molecule has 1 nitrogen and oxygen atoms in total. The number of hydrogen-bond acceptors (Lipinski definition) is 2. The molecule has 1 heterocycles. The van der Waals surface area contributed by atoms with Crippen LogP contribution in [0.3, 0.4) is 0 Å². The van der Waals surface area contributed by atoms with Gasteiger partial charge in [0.1, 0.15) is 0 Å². The number of aliphatic imine (C=N–C) groups is 1. The van der Waals surface area contributed by atoms with E-state index in [-0.39, 0.29) is 0 Å². The average Bonchev–Trinajstić information content (AvgIpc) is 2.26. The Balaban J connectivity index is 2.16. The van der Waals surface area contributed by atoms with Gasteiger partial charge in [-0.25, -0.2) is 4.99 Å². The lowest BCUT2D eigenvalue weighted by molar-refractivity contribution is 1.30. The third-order valence-corrected chi connectivity index (χ3v) is 3.70. The first kappa shape index (κ1) is 8.98. The van der Waals surface area contributed by atoms with Crippen LogP contribution in [-0.4, -0.2) is 5.71 Å². The zero-order valence-electron chi connectivity index (χ0n) is 8.53. The fourth-order valence-corrected chi connectivity index (χ4v) is 2.76. The Labute approximate surface area is 93.6 Å². The van der Waals surface area contributed by atoms with Crippen LogP contribution in [-0.2, 0) is 0 Å². The molecule has 1 aromatic rings. The highest BCUT2D eigenvalue weighted by atomic mass is 32.2. The number of hydrogen-bond donors (Lipinski definition) is 0. The third-order valence-electron chi connectivity index (χ3n) is 2.54. The number of allylic oxidation sites excluding steroid dienone is 4. The van der Waals surface area contributed by atoms with Crippen LogP contribution < -0.4 is 0 Å². The molecule has 0 aromatic heterocycles. The first-order valence-corrected chi connectivity index (χ1v) is 5.89. The summed E-state index contributed by atoms with van der Waals surface area (Å²) in [5.74, 6) is 0. The molecule has 0 bridgehead atoms. The summed E-state index contributed by atoms with van der Waals surface area (Å²) < 4.78 is 0. The summed E-state index contributed by atoms with van der Waals surface area (Å²) >= 11 is 1.83. The van der Waals surface area contributed by atoms with Crippen molar-refractivity contribution >= 4 is 23.2 Å². The van der Waals surface area contributed by atoms with Crippen molar-refractivity contribution in [2.75, 3.05) is 0 Å². The van der Waals surface area contributed by atoms with Gasteiger partial charge in [-0.15, -0.1) is 0 Å². The molecule has 1 aliphatic heterocycles. The van der Waals surface area contributed by atoms with Crippen molar-refractivity contribution in [1.82, 2.24) is 0 Å². The minimum absolute atomic E-state index is 1.03. The lowest BCUT2D eigenvalue weighted by Gasteiger charge is -2.18. The topological polar surface area (TPSA) is 12.4 Å². The van der Waals surface area contributed by atoms with Crippen LogP contribution in [0.15, 0.2) is 51.2 Å². The molecule has 2 aliphatic rings. The van der Waals surface area contributed by atoms with E-state index < -0.39 is 0 Å². The number of nitrogens with zero attached hydrogens (tertiary/aromatic N) is 1. The zero-order chi connectivity index (χ0) is 10.3. The van der Waals surface area contributed by atoms with Gasteiger partial charge >= 0.3 is 0 Å². The number of fused-ring (bicyclic) bond motifs is 2. The van der Waals surface area contributed by atoms with E-state index in [2.05, 4.69) is 48.3 Å². The second-order valence-electron chi connectivity index (χ2n) is 3.78. The summed E-state index contributed by atoms with van der Waals surface area (Å²) in [5, 5.41) is 0. The molecular formula is C13H11NS. The van der Waals surface area contributed by atoms with Gasteiger partial charge in [-0.1, -0.05) is 30.0 Å². The van der Waals surface area contributed by atoms with E-state index in [0.717, 1.165) is 17.8 Å². The highest BCUT2D eigenvalue weighted by molar-refractivity contribution is 8.04. The van der Waals surface area contributed by atoms with Gasteiger partial charge in [0.15, 0.2) is 0 Å². The first-order valence-electron chi connectivity index (χ1n) is 5.07. The Hall–Kier alpha value is -1.28. The Morgan fingerprint density at radius 3 is 3.20 bits per heavy atom. The Morgan fingerprint density at radius 1 is 1.33 bits per heavy atom. The highest BCUT2D eigenvalue weighted by Crippen LogP contribution is 2.41. The summed E-state index contributed by atoms with van der Waals surface area (Å²) in [7, 11) is 0. The van der Waals surface area contributed by atoms with Gasteiger partial charge in [0.2, 0.25) is 0 Å². The van der Waals surface area contributed by atoms with Crippen molar-refractivity contribution in [3.8, 4) is 0 Å². The minimum atomic E-state index is 1.03. The van der Waals surface area contributed by atoms with Gasteiger partial charge < -0.3 is 0 Å². The van der Waals surface area contributed by atoms with E-state index in [9.17, 15) is 0 Å². The summed E-state index contributed by atoms with van der Waals surface area (Å²) in [6.07, 6.45) is 7.55. The van der Waals surface area contributed by atoms with Crippen LogP contribution in [0.4, 0.5) is 5.69 Å². The van der Waals surface area contributed by atoms with Gasteiger partial charge in [0.05, 0.1) is 11.4 Å². The van der Waals surface area contributed by atoms with Crippen molar-refractivity contribution in [3.05, 3.63) is 46.9 Å². The lowest BCUT2D eigenvalue weighted by atomic mass is 10.1. The standard InChI is InChI=1S/C13H11NS/c1-9-6-7-13-11(8-9)14-10-4-2-3-5-12(10)15-13/h2,4-8H,3H2,1H3. The molecule has 0 amide bonds. The summed E-state index contributed by atoms with van der Waals surface area (Å²) in [5.41, 5.74) is 3.49. The van der Waals surface area contributed by atoms with Crippen LogP contribution >= 0.6 is 11.8 Å². The molecular weight excluding hydrogens is 202 g/mol. The summed E-state index contributed by atoms with van der Waals surface area (Å²) in [6, 6.07) is 6.45. The minimum Gasteiger partial charge on any atom is -0.247 e. The van der Waals surface area contributed by atoms with E-state index in [1.807, 2.05) is 11.8 Å². The molecule has 2 heteroatoms. The number of thioether (sulfide) groups is 1. The molecule has 1 aliphatic carbocycles. The van der Waals surface area contributed by atoms with Crippen molar-refractivity contribution in [2.24, 2.45) is 4.99 Å². The molecule has 0 unspecified atom stereocenters. The van der Waals surface area contributed by atoms with E-state index in [1.165, 1.54) is 15.4 Å². The van der Waals surface area contributed by atoms with E-state index in [4.69, 9.17) is 0 Å². The molecule has 1 aromatic carbocycles. The lowest BCUT2D eigenvalue weighted by Crippen LogP contribution is -2.03. The number of rotatable bonds is 0. The molecule has 0 radical (unpaired) electrons. The first-order chi connectivity index (χ1) is 7.33. The SMILES string of the molecule is Cc1ccc2c(c1)N=C1C=CCC=C1S2. The maximum absolute atomic E-state index is 4.67. The summed E-state index contributed by atoms with van der Waals surface area (Å²) in [6.45, 7) is 2.10. The highest BCUT2D eigenvalue weighted by Gasteiger charge is 2.17. The maximum atomic E-state index is 4.67. The Kier molecular flexibility index (Phi) is 2.03. The predicted octanol–water partition coefficient (Wildman–Crippen LogP) is 4.02. The van der Waals surface area contributed by atoms with Gasteiger partial charge in [-0.05, 0) is 37.1 Å². The quantitative estimate of drug-likeness (QED) is 0.634. The van der Waals surface area contributed by atoms with Gasteiger partial charge in [-0.2, -0.15) is 0 Å². The third kappa shape index (κ3) is 1.55. The van der Waals surface area contributed by atoms with Gasteiger partial charge in [-0.3, -0.25) is 0 Å². The van der Waals surface area contributed by atoms with Crippen LogP contribution in [0.25, 0.3) is 0 Å².